The molecule has 1 amide bonds. The van der Waals surface area contributed by atoms with Gasteiger partial charge in [-0.2, -0.15) is 0 Å². The number of rotatable bonds is 2. The minimum Gasteiger partial charge on any atom is -0.393 e. The van der Waals surface area contributed by atoms with Crippen LogP contribution in [0.2, 0.25) is 0 Å². The molecule has 1 aliphatic rings. The van der Waals surface area contributed by atoms with Gasteiger partial charge in [0.2, 0.25) is 0 Å². The highest BCUT2D eigenvalue weighted by atomic mass is 16.3. The zero-order chi connectivity index (χ0) is 12.7. The molecular weight excluding hydrogens is 228 g/mol. The van der Waals surface area contributed by atoms with Gasteiger partial charge in [-0.1, -0.05) is 6.07 Å². The molecule has 0 bridgehead atoms. The number of carbonyl (C=O) groups is 1. The number of nitrogens with zero attached hydrogens (tertiary/aromatic N) is 2. The van der Waals surface area contributed by atoms with Crippen LogP contribution in [0, 0.1) is 5.92 Å². The smallest absolute Gasteiger partial charge is 0.255 e. The van der Waals surface area contributed by atoms with Crippen molar-refractivity contribution < 1.29 is 9.90 Å². The first-order valence-corrected chi connectivity index (χ1v) is 6.19. The van der Waals surface area contributed by atoms with Crippen LogP contribution in [-0.4, -0.2) is 39.5 Å². The monoisotopic (exact) mass is 244 g/mol. The van der Waals surface area contributed by atoms with Crippen molar-refractivity contribution in [2.75, 3.05) is 13.1 Å². The summed E-state index contributed by atoms with van der Waals surface area (Å²) in [5.41, 5.74) is 1.73. The molecule has 1 fully saturated rings. The number of aliphatic hydroxyl groups excluding tert-OH is 1. The van der Waals surface area contributed by atoms with Gasteiger partial charge >= 0.3 is 0 Å². The van der Waals surface area contributed by atoms with E-state index in [2.05, 4.69) is 0 Å². The molecule has 0 aromatic carbocycles. The lowest BCUT2D eigenvalue weighted by atomic mass is 9.94. The Bertz CT molecular complexity index is 549. The summed E-state index contributed by atoms with van der Waals surface area (Å²) in [6, 6.07) is 7.77. The molecule has 2 aromatic heterocycles. The van der Waals surface area contributed by atoms with Gasteiger partial charge in [0.15, 0.2) is 0 Å². The molecule has 18 heavy (non-hydrogen) atoms. The SMILES string of the molecule is C[C@H](O)C1CN(C(=O)c2cc3ccccn3c2)C1. The minimum absolute atomic E-state index is 0.0515. The average Bonchev–Trinajstić information content (AvgIpc) is 2.69. The van der Waals surface area contributed by atoms with E-state index in [-0.39, 0.29) is 17.9 Å². The number of aromatic nitrogens is 1. The molecule has 1 N–H and O–H groups in total. The van der Waals surface area contributed by atoms with E-state index < -0.39 is 0 Å². The summed E-state index contributed by atoms with van der Waals surface area (Å²) in [5, 5.41) is 9.41. The summed E-state index contributed by atoms with van der Waals surface area (Å²) in [4.78, 5) is 14.0. The van der Waals surface area contributed by atoms with Crippen LogP contribution in [0.3, 0.4) is 0 Å². The third-order valence-corrected chi connectivity index (χ3v) is 3.63. The zero-order valence-corrected chi connectivity index (χ0v) is 10.3. The van der Waals surface area contributed by atoms with Crippen LogP contribution >= 0.6 is 0 Å². The van der Waals surface area contributed by atoms with Crippen molar-refractivity contribution in [3.63, 3.8) is 0 Å². The molecule has 0 spiro atoms. The van der Waals surface area contributed by atoms with E-state index in [1.165, 1.54) is 0 Å². The molecule has 0 unspecified atom stereocenters. The highest BCUT2D eigenvalue weighted by molar-refractivity contribution is 5.96. The second-order valence-corrected chi connectivity index (χ2v) is 4.97. The number of likely N-dealkylation sites (tertiary alicyclic amines) is 1. The molecule has 2 aromatic rings. The lowest BCUT2D eigenvalue weighted by Gasteiger charge is -2.40. The Labute approximate surface area is 105 Å². The van der Waals surface area contributed by atoms with Crippen molar-refractivity contribution in [3.05, 3.63) is 42.2 Å². The summed E-state index contributed by atoms with van der Waals surface area (Å²) >= 11 is 0. The van der Waals surface area contributed by atoms with Gasteiger partial charge in [0.25, 0.3) is 5.91 Å². The maximum absolute atomic E-state index is 12.2. The molecule has 4 nitrogen and oxygen atoms in total. The Morgan fingerprint density at radius 3 is 2.89 bits per heavy atom. The van der Waals surface area contributed by atoms with Gasteiger partial charge in [-0.25, -0.2) is 0 Å². The number of amides is 1. The fraction of sp³-hybridized carbons (Fsp3) is 0.357. The number of pyridine rings is 1. The summed E-state index contributed by atoms with van der Waals surface area (Å²) in [5.74, 6) is 0.279. The second-order valence-electron chi connectivity index (χ2n) is 4.97. The van der Waals surface area contributed by atoms with Crippen molar-refractivity contribution in [2.45, 2.75) is 13.0 Å². The van der Waals surface area contributed by atoms with E-state index >= 15 is 0 Å². The lowest BCUT2D eigenvalue weighted by Crippen LogP contribution is -2.53. The Balaban J connectivity index is 1.77. The minimum atomic E-state index is -0.331. The van der Waals surface area contributed by atoms with E-state index in [4.69, 9.17) is 0 Å². The lowest BCUT2D eigenvalue weighted by molar-refractivity contribution is 0.00884. The number of hydrogen-bond acceptors (Lipinski definition) is 2. The van der Waals surface area contributed by atoms with Gasteiger partial charge in [-0.15, -0.1) is 0 Å². The maximum atomic E-state index is 12.2. The maximum Gasteiger partial charge on any atom is 0.255 e. The average molecular weight is 244 g/mol. The van der Waals surface area contributed by atoms with Crippen LogP contribution in [0.5, 0.6) is 0 Å². The third kappa shape index (κ3) is 1.78. The Morgan fingerprint density at radius 1 is 1.44 bits per heavy atom. The Kier molecular flexibility index (Phi) is 2.59. The number of carbonyl (C=O) groups excluding carboxylic acids is 1. The first-order valence-electron chi connectivity index (χ1n) is 6.19. The van der Waals surface area contributed by atoms with Gasteiger partial charge in [0, 0.05) is 36.9 Å². The molecule has 0 aliphatic carbocycles. The van der Waals surface area contributed by atoms with Crippen LogP contribution in [0.25, 0.3) is 5.52 Å². The predicted molar refractivity (Wildman–Crippen MR) is 68.5 cm³/mol. The first-order chi connectivity index (χ1) is 8.65. The fourth-order valence-electron chi connectivity index (χ4n) is 2.34. The van der Waals surface area contributed by atoms with E-state index in [9.17, 15) is 9.90 Å². The van der Waals surface area contributed by atoms with Crippen molar-refractivity contribution in [3.8, 4) is 0 Å². The van der Waals surface area contributed by atoms with Crippen molar-refractivity contribution in [1.29, 1.82) is 0 Å². The molecule has 0 saturated carbocycles. The van der Waals surface area contributed by atoms with Gasteiger partial charge in [-0.3, -0.25) is 4.79 Å². The van der Waals surface area contributed by atoms with E-state index in [0.717, 1.165) is 5.52 Å². The highest BCUT2D eigenvalue weighted by Gasteiger charge is 2.34. The number of fused-ring (bicyclic) bond motifs is 1. The summed E-state index contributed by atoms with van der Waals surface area (Å²) in [7, 11) is 0. The van der Waals surface area contributed by atoms with Crippen molar-refractivity contribution in [2.24, 2.45) is 5.92 Å². The Morgan fingerprint density at radius 2 is 2.22 bits per heavy atom. The Hall–Kier alpha value is -1.81. The molecule has 94 valence electrons. The highest BCUT2D eigenvalue weighted by Crippen LogP contribution is 2.22. The molecule has 3 rings (SSSR count). The van der Waals surface area contributed by atoms with Crippen molar-refractivity contribution >= 4 is 11.4 Å². The van der Waals surface area contributed by atoms with Crippen LogP contribution in [0.1, 0.15) is 17.3 Å². The molecule has 3 heterocycles. The van der Waals surface area contributed by atoms with Gasteiger partial charge in [0.05, 0.1) is 11.7 Å². The standard InChI is InChI=1S/C14H16N2O2/c1-10(17)12-8-16(9-12)14(18)11-6-13-4-2-3-5-15(13)7-11/h2-7,10,12,17H,8-9H2,1H3/t10-/m0/s1. The van der Waals surface area contributed by atoms with Crippen LogP contribution in [0.4, 0.5) is 0 Å². The summed E-state index contributed by atoms with van der Waals surface area (Å²) in [6.45, 7) is 3.09. The van der Waals surface area contributed by atoms with E-state index in [1.54, 1.807) is 11.8 Å². The van der Waals surface area contributed by atoms with E-state index in [0.29, 0.717) is 18.7 Å². The first kappa shape index (κ1) is 11.3. The fourth-order valence-corrected chi connectivity index (χ4v) is 2.34. The van der Waals surface area contributed by atoms with Crippen LogP contribution in [0.15, 0.2) is 36.7 Å². The summed E-state index contributed by atoms with van der Waals surface area (Å²) in [6.07, 6.45) is 3.45. The molecule has 1 aliphatic heterocycles. The van der Waals surface area contributed by atoms with Gasteiger partial charge in [-0.05, 0) is 25.1 Å². The van der Waals surface area contributed by atoms with Gasteiger partial charge in [0.1, 0.15) is 0 Å². The summed E-state index contributed by atoms with van der Waals surface area (Å²) < 4.78 is 1.94. The second kappa shape index (κ2) is 4.14. The molecule has 4 heteroatoms. The number of aliphatic hydroxyl groups is 1. The molecular formula is C14H16N2O2. The topological polar surface area (TPSA) is 45.0 Å². The largest absolute Gasteiger partial charge is 0.393 e. The molecule has 1 atom stereocenters. The predicted octanol–water partition coefficient (Wildman–Crippen LogP) is 1.39. The zero-order valence-electron chi connectivity index (χ0n) is 10.3. The third-order valence-electron chi connectivity index (χ3n) is 3.63. The quantitative estimate of drug-likeness (QED) is 0.867. The normalized spacial score (nSPS) is 17.8. The van der Waals surface area contributed by atoms with Crippen LogP contribution in [-0.2, 0) is 0 Å². The molecule has 1 saturated heterocycles. The van der Waals surface area contributed by atoms with Crippen molar-refractivity contribution in [1.82, 2.24) is 9.30 Å². The molecule has 0 radical (unpaired) electrons. The number of hydrogen-bond donors (Lipinski definition) is 1. The van der Waals surface area contributed by atoms with Crippen LogP contribution < -0.4 is 0 Å². The van der Waals surface area contributed by atoms with Gasteiger partial charge < -0.3 is 14.4 Å². The van der Waals surface area contributed by atoms with E-state index in [1.807, 2.05) is 41.1 Å².